The Labute approximate surface area is 154 Å². The van der Waals surface area contributed by atoms with Gasteiger partial charge in [0.25, 0.3) is 0 Å². The smallest absolute Gasteiger partial charge is 0.141 e. The highest BCUT2D eigenvalue weighted by Crippen LogP contribution is 2.28. The molecule has 5 heteroatoms. The zero-order chi connectivity index (χ0) is 17.4. The van der Waals surface area contributed by atoms with Crippen LogP contribution >= 0.6 is 23.2 Å². The van der Waals surface area contributed by atoms with E-state index in [9.17, 15) is 4.39 Å². The molecule has 0 amide bonds. The molecule has 0 atom stereocenters. The van der Waals surface area contributed by atoms with E-state index in [1.54, 1.807) is 18.2 Å². The summed E-state index contributed by atoms with van der Waals surface area (Å²) in [5.41, 5.74) is 3.77. The van der Waals surface area contributed by atoms with E-state index < -0.39 is 0 Å². The van der Waals surface area contributed by atoms with E-state index in [2.05, 4.69) is 4.57 Å². The molecule has 0 saturated carbocycles. The number of hydrogen-bond acceptors (Lipinski definition) is 1. The molecule has 0 aliphatic rings. The van der Waals surface area contributed by atoms with Gasteiger partial charge in [0.2, 0.25) is 0 Å². The minimum Gasteiger partial charge on any atom is -0.319 e. The van der Waals surface area contributed by atoms with Gasteiger partial charge in [-0.25, -0.2) is 9.37 Å². The zero-order valence-corrected chi connectivity index (χ0v) is 14.6. The van der Waals surface area contributed by atoms with Crippen LogP contribution in [0.5, 0.6) is 0 Å². The maximum atomic E-state index is 13.3. The van der Waals surface area contributed by atoms with Crippen LogP contribution in [0.4, 0.5) is 4.39 Å². The third-order valence-electron chi connectivity index (χ3n) is 4.08. The highest BCUT2D eigenvalue weighted by atomic mass is 35.5. The van der Waals surface area contributed by atoms with E-state index >= 15 is 0 Å². The highest BCUT2D eigenvalue weighted by Gasteiger charge is 2.13. The second kappa shape index (κ2) is 6.51. The fourth-order valence-corrected chi connectivity index (χ4v) is 3.20. The molecule has 25 heavy (non-hydrogen) atoms. The molecule has 0 bridgehead atoms. The minimum absolute atomic E-state index is 0.268. The third-order valence-corrected chi connectivity index (χ3v) is 4.82. The zero-order valence-electron chi connectivity index (χ0n) is 13.1. The first-order valence-corrected chi connectivity index (χ1v) is 8.52. The van der Waals surface area contributed by atoms with Gasteiger partial charge in [0, 0.05) is 12.1 Å². The number of para-hydroxylation sites is 2. The molecule has 0 N–H and O–H groups in total. The van der Waals surface area contributed by atoms with Gasteiger partial charge in [0.15, 0.2) is 0 Å². The van der Waals surface area contributed by atoms with E-state index in [4.69, 9.17) is 28.2 Å². The van der Waals surface area contributed by atoms with E-state index in [1.165, 1.54) is 12.1 Å². The van der Waals surface area contributed by atoms with E-state index in [-0.39, 0.29) is 5.82 Å². The summed E-state index contributed by atoms with van der Waals surface area (Å²) in [6, 6.07) is 19.9. The van der Waals surface area contributed by atoms with Gasteiger partial charge >= 0.3 is 0 Å². The standard InChI is InChI=1S/C20H13Cl2FN2/c21-16-10-5-13(11-17(16)22)12-25-19-4-2-1-3-18(19)24-20(25)14-6-8-15(23)9-7-14/h1-11H,12H2. The predicted octanol–water partition coefficient (Wildman–Crippen LogP) is 6.20. The Morgan fingerprint density at radius 2 is 1.64 bits per heavy atom. The van der Waals surface area contributed by atoms with Gasteiger partial charge in [-0.05, 0) is 54.1 Å². The van der Waals surface area contributed by atoms with Crippen molar-refractivity contribution in [3.8, 4) is 11.4 Å². The van der Waals surface area contributed by atoms with E-state index in [0.717, 1.165) is 28.0 Å². The first-order chi connectivity index (χ1) is 12.1. The molecule has 124 valence electrons. The van der Waals surface area contributed by atoms with Crippen LogP contribution in [0.3, 0.4) is 0 Å². The first-order valence-electron chi connectivity index (χ1n) is 7.77. The average Bonchev–Trinajstić information content (AvgIpc) is 2.97. The van der Waals surface area contributed by atoms with Gasteiger partial charge in [-0.3, -0.25) is 0 Å². The van der Waals surface area contributed by atoms with E-state index in [1.807, 2.05) is 36.4 Å². The lowest BCUT2D eigenvalue weighted by Crippen LogP contribution is -2.02. The van der Waals surface area contributed by atoms with Crippen molar-refractivity contribution in [1.29, 1.82) is 0 Å². The van der Waals surface area contributed by atoms with Crippen LogP contribution in [0.25, 0.3) is 22.4 Å². The number of nitrogens with zero attached hydrogens (tertiary/aromatic N) is 2. The van der Waals surface area contributed by atoms with Crippen LogP contribution in [0.2, 0.25) is 10.0 Å². The summed E-state index contributed by atoms with van der Waals surface area (Å²) in [7, 11) is 0. The number of hydrogen-bond donors (Lipinski definition) is 0. The summed E-state index contributed by atoms with van der Waals surface area (Å²) in [6.45, 7) is 0.587. The number of halogens is 3. The Bertz CT molecular complexity index is 1060. The molecule has 1 heterocycles. The Morgan fingerprint density at radius 3 is 2.40 bits per heavy atom. The molecule has 0 unspecified atom stereocenters. The van der Waals surface area contributed by atoms with E-state index in [0.29, 0.717) is 16.6 Å². The molecule has 4 rings (SSSR count). The van der Waals surface area contributed by atoms with Crippen LogP contribution in [0.1, 0.15) is 5.56 Å². The van der Waals surface area contributed by atoms with Gasteiger partial charge in [0.05, 0.1) is 21.1 Å². The van der Waals surface area contributed by atoms with Crippen LogP contribution in [0.15, 0.2) is 66.7 Å². The fraction of sp³-hybridized carbons (Fsp3) is 0.0500. The molecule has 0 aliphatic heterocycles. The van der Waals surface area contributed by atoms with Crippen LogP contribution < -0.4 is 0 Å². The minimum atomic E-state index is -0.268. The summed E-state index contributed by atoms with van der Waals surface area (Å²) < 4.78 is 15.4. The number of imidazole rings is 1. The lowest BCUT2D eigenvalue weighted by Gasteiger charge is -2.10. The number of benzene rings is 3. The monoisotopic (exact) mass is 370 g/mol. The molecule has 0 radical (unpaired) electrons. The summed E-state index contributed by atoms with van der Waals surface area (Å²) in [5.74, 6) is 0.517. The molecule has 3 aromatic carbocycles. The van der Waals surface area contributed by atoms with Crippen molar-refractivity contribution in [1.82, 2.24) is 9.55 Å². The Balaban J connectivity index is 1.87. The summed E-state index contributed by atoms with van der Waals surface area (Å²) >= 11 is 12.2. The highest BCUT2D eigenvalue weighted by molar-refractivity contribution is 6.42. The molecule has 2 nitrogen and oxygen atoms in total. The fourth-order valence-electron chi connectivity index (χ4n) is 2.88. The normalized spacial score (nSPS) is 11.2. The lowest BCUT2D eigenvalue weighted by atomic mass is 10.2. The van der Waals surface area contributed by atoms with Crippen molar-refractivity contribution >= 4 is 34.2 Å². The SMILES string of the molecule is Fc1ccc(-c2nc3ccccc3n2Cc2ccc(Cl)c(Cl)c2)cc1. The second-order valence-electron chi connectivity index (χ2n) is 5.77. The van der Waals surface area contributed by atoms with Gasteiger partial charge in [0.1, 0.15) is 11.6 Å². The summed E-state index contributed by atoms with van der Waals surface area (Å²) in [5, 5.41) is 1.05. The molecule has 0 aliphatic carbocycles. The topological polar surface area (TPSA) is 17.8 Å². The largest absolute Gasteiger partial charge is 0.319 e. The second-order valence-corrected chi connectivity index (χ2v) is 6.58. The molecular weight excluding hydrogens is 358 g/mol. The average molecular weight is 371 g/mol. The van der Waals surface area contributed by atoms with Gasteiger partial charge in [-0.2, -0.15) is 0 Å². The van der Waals surface area contributed by atoms with Crippen molar-refractivity contribution in [3.63, 3.8) is 0 Å². The molecule has 0 spiro atoms. The number of rotatable bonds is 3. The Hall–Kier alpha value is -2.36. The van der Waals surface area contributed by atoms with Crippen molar-refractivity contribution in [2.24, 2.45) is 0 Å². The lowest BCUT2D eigenvalue weighted by molar-refractivity contribution is 0.628. The summed E-state index contributed by atoms with van der Waals surface area (Å²) in [4.78, 5) is 4.73. The number of fused-ring (bicyclic) bond motifs is 1. The molecule has 0 saturated heterocycles. The van der Waals surface area contributed by atoms with Gasteiger partial charge < -0.3 is 4.57 Å². The van der Waals surface area contributed by atoms with Crippen LogP contribution in [-0.2, 0) is 6.54 Å². The predicted molar refractivity (Wildman–Crippen MR) is 101 cm³/mol. The maximum Gasteiger partial charge on any atom is 0.141 e. The number of aromatic nitrogens is 2. The molecule has 0 fully saturated rings. The van der Waals surface area contributed by atoms with Crippen molar-refractivity contribution in [2.45, 2.75) is 6.54 Å². The Kier molecular flexibility index (Phi) is 4.20. The van der Waals surface area contributed by atoms with Crippen molar-refractivity contribution in [3.05, 3.63) is 88.2 Å². The van der Waals surface area contributed by atoms with Gasteiger partial charge in [-0.1, -0.05) is 41.4 Å². The van der Waals surface area contributed by atoms with Crippen LogP contribution in [0, 0.1) is 5.82 Å². The molecule has 1 aromatic heterocycles. The molecule has 4 aromatic rings. The van der Waals surface area contributed by atoms with Gasteiger partial charge in [-0.15, -0.1) is 0 Å². The van der Waals surface area contributed by atoms with Crippen LogP contribution in [-0.4, -0.2) is 9.55 Å². The first kappa shape index (κ1) is 16.1. The van der Waals surface area contributed by atoms with Crippen molar-refractivity contribution < 1.29 is 4.39 Å². The molecular formula is C20H13Cl2FN2. The summed E-state index contributed by atoms with van der Waals surface area (Å²) in [6.07, 6.45) is 0. The van der Waals surface area contributed by atoms with Crippen molar-refractivity contribution in [2.75, 3.05) is 0 Å². The Morgan fingerprint density at radius 1 is 0.880 bits per heavy atom. The maximum absolute atomic E-state index is 13.3. The quantitative estimate of drug-likeness (QED) is 0.419. The third kappa shape index (κ3) is 3.13.